The number of carbonyl (C=O) groups excluding carboxylic acids is 2. The molecule has 0 unspecified atom stereocenters. The first-order chi connectivity index (χ1) is 7.72. The second-order valence-electron chi connectivity index (χ2n) is 3.07. The van der Waals surface area contributed by atoms with Gasteiger partial charge in [0, 0.05) is 12.2 Å². The van der Waals surface area contributed by atoms with Gasteiger partial charge in [-0.15, -0.1) is 0 Å². The molecule has 5 heteroatoms. The summed E-state index contributed by atoms with van der Waals surface area (Å²) >= 11 is 0. The summed E-state index contributed by atoms with van der Waals surface area (Å²) in [6.45, 7) is 0.255. The predicted molar refractivity (Wildman–Crippen MR) is 60.1 cm³/mol. The van der Waals surface area contributed by atoms with Crippen LogP contribution < -0.4 is 10.6 Å². The molecule has 0 fully saturated rings. The Morgan fingerprint density at radius 1 is 1.25 bits per heavy atom. The highest BCUT2D eigenvalue weighted by atomic mass is 16.5. The predicted octanol–water partition coefficient (Wildman–Crippen LogP) is 1.37. The first kappa shape index (κ1) is 12.0. The maximum Gasteiger partial charge on any atom is 0.319 e. The SMILES string of the molecule is COC(=O)CCNC(=O)Nc1ccccc1. The van der Waals surface area contributed by atoms with E-state index in [1.807, 2.05) is 18.2 Å². The summed E-state index contributed by atoms with van der Waals surface area (Å²) in [5, 5.41) is 5.18. The zero-order valence-electron chi connectivity index (χ0n) is 9.03. The summed E-state index contributed by atoms with van der Waals surface area (Å²) in [4.78, 5) is 22.1. The molecule has 0 saturated heterocycles. The summed E-state index contributed by atoms with van der Waals surface area (Å²) in [6, 6.07) is 8.73. The van der Waals surface area contributed by atoms with Crippen LogP contribution in [-0.2, 0) is 9.53 Å². The number of hydrogen-bond acceptors (Lipinski definition) is 3. The molecule has 0 spiro atoms. The van der Waals surface area contributed by atoms with Crippen LogP contribution in [0.5, 0.6) is 0 Å². The first-order valence-electron chi connectivity index (χ1n) is 4.89. The quantitative estimate of drug-likeness (QED) is 0.756. The summed E-state index contributed by atoms with van der Waals surface area (Å²) < 4.78 is 4.44. The molecule has 1 aromatic rings. The van der Waals surface area contributed by atoms with E-state index < -0.39 is 0 Å². The molecule has 0 radical (unpaired) electrons. The lowest BCUT2D eigenvalue weighted by Gasteiger charge is -2.06. The van der Waals surface area contributed by atoms with Crippen LogP contribution >= 0.6 is 0 Å². The maximum absolute atomic E-state index is 11.3. The van der Waals surface area contributed by atoms with E-state index in [0.29, 0.717) is 5.69 Å². The lowest BCUT2D eigenvalue weighted by Crippen LogP contribution is -2.30. The Kier molecular flexibility index (Phi) is 4.85. The fraction of sp³-hybridized carbons (Fsp3) is 0.273. The van der Waals surface area contributed by atoms with Crippen molar-refractivity contribution in [2.24, 2.45) is 0 Å². The van der Waals surface area contributed by atoms with Crippen molar-refractivity contribution in [2.45, 2.75) is 6.42 Å². The Hall–Kier alpha value is -2.04. The molecule has 0 aromatic heterocycles. The first-order valence-corrected chi connectivity index (χ1v) is 4.89. The van der Waals surface area contributed by atoms with Crippen LogP contribution in [0.2, 0.25) is 0 Å². The van der Waals surface area contributed by atoms with Gasteiger partial charge in [0.1, 0.15) is 0 Å². The van der Waals surface area contributed by atoms with E-state index in [-0.39, 0.29) is 25.0 Å². The number of amides is 2. The van der Waals surface area contributed by atoms with E-state index in [1.54, 1.807) is 12.1 Å². The smallest absolute Gasteiger partial charge is 0.319 e. The summed E-state index contributed by atoms with van der Waals surface area (Å²) in [5.41, 5.74) is 0.707. The van der Waals surface area contributed by atoms with E-state index in [2.05, 4.69) is 15.4 Å². The van der Waals surface area contributed by atoms with Crippen LogP contribution in [-0.4, -0.2) is 25.7 Å². The number of methoxy groups -OCH3 is 1. The van der Waals surface area contributed by atoms with Gasteiger partial charge in [-0.1, -0.05) is 18.2 Å². The van der Waals surface area contributed by atoms with Crippen molar-refractivity contribution in [3.63, 3.8) is 0 Å². The molecule has 0 aliphatic carbocycles. The highest BCUT2D eigenvalue weighted by molar-refractivity contribution is 5.89. The van der Waals surface area contributed by atoms with Crippen molar-refractivity contribution in [1.82, 2.24) is 5.32 Å². The van der Waals surface area contributed by atoms with E-state index in [9.17, 15) is 9.59 Å². The summed E-state index contributed by atoms with van der Waals surface area (Å²) in [6.07, 6.45) is 0.165. The highest BCUT2D eigenvalue weighted by Crippen LogP contribution is 2.03. The minimum atomic E-state index is -0.347. The highest BCUT2D eigenvalue weighted by Gasteiger charge is 2.03. The second kappa shape index (κ2) is 6.44. The number of rotatable bonds is 4. The van der Waals surface area contributed by atoms with Gasteiger partial charge in [-0.05, 0) is 12.1 Å². The van der Waals surface area contributed by atoms with Gasteiger partial charge in [-0.25, -0.2) is 4.79 Å². The van der Waals surface area contributed by atoms with Gasteiger partial charge in [0.25, 0.3) is 0 Å². The molecule has 86 valence electrons. The van der Waals surface area contributed by atoms with E-state index in [1.165, 1.54) is 7.11 Å². The minimum absolute atomic E-state index is 0.165. The van der Waals surface area contributed by atoms with Crippen molar-refractivity contribution in [3.05, 3.63) is 30.3 Å². The molecule has 2 amide bonds. The molecular formula is C11H14N2O3. The lowest BCUT2D eigenvalue weighted by molar-refractivity contribution is -0.140. The molecule has 16 heavy (non-hydrogen) atoms. The number of esters is 1. The zero-order chi connectivity index (χ0) is 11.8. The topological polar surface area (TPSA) is 67.4 Å². The van der Waals surface area contributed by atoms with Crippen LogP contribution in [0.25, 0.3) is 0 Å². The maximum atomic E-state index is 11.3. The largest absolute Gasteiger partial charge is 0.469 e. The number of nitrogens with one attached hydrogen (secondary N) is 2. The van der Waals surface area contributed by atoms with Crippen molar-refractivity contribution < 1.29 is 14.3 Å². The average molecular weight is 222 g/mol. The summed E-state index contributed by atoms with van der Waals surface area (Å²) in [5.74, 6) is -0.347. The molecule has 0 saturated carbocycles. The lowest BCUT2D eigenvalue weighted by atomic mass is 10.3. The van der Waals surface area contributed by atoms with E-state index >= 15 is 0 Å². The van der Waals surface area contributed by atoms with Gasteiger partial charge in [0.2, 0.25) is 0 Å². The van der Waals surface area contributed by atoms with Crippen molar-refractivity contribution in [3.8, 4) is 0 Å². The Labute approximate surface area is 93.8 Å². The summed E-state index contributed by atoms with van der Waals surface area (Å²) in [7, 11) is 1.31. The standard InChI is InChI=1S/C11H14N2O3/c1-16-10(14)7-8-12-11(15)13-9-5-3-2-4-6-9/h2-6H,7-8H2,1H3,(H2,12,13,15). The number of urea groups is 1. The van der Waals surface area contributed by atoms with Crippen molar-refractivity contribution in [2.75, 3.05) is 19.0 Å². The Morgan fingerprint density at radius 3 is 2.56 bits per heavy atom. The second-order valence-corrected chi connectivity index (χ2v) is 3.07. The Morgan fingerprint density at radius 2 is 1.94 bits per heavy atom. The third-order valence-electron chi connectivity index (χ3n) is 1.87. The number of benzene rings is 1. The van der Waals surface area contributed by atoms with Crippen LogP contribution in [0.1, 0.15) is 6.42 Å². The molecule has 1 aromatic carbocycles. The molecule has 0 heterocycles. The average Bonchev–Trinajstić information content (AvgIpc) is 2.30. The molecule has 0 atom stereocenters. The van der Waals surface area contributed by atoms with Gasteiger partial charge >= 0.3 is 12.0 Å². The fourth-order valence-corrected chi connectivity index (χ4v) is 1.08. The van der Waals surface area contributed by atoms with Crippen LogP contribution in [0.3, 0.4) is 0 Å². The zero-order valence-corrected chi connectivity index (χ0v) is 9.03. The minimum Gasteiger partial charge on any atom is -0.469 e. The Balaban J connectivity index is 2.24. The van der Waals surface area contributed by atoms with Gasteiger partial charge < -0.3 is 15.4 Å². The molecule has 5 nitrogen and oxygen atoms in total. The van der Waals surface area contributed by atoms with Crippen LogP contribution in [0, 0.1) is 0 Å². The fourth-order valence-electron chi connectivity index (χ4n) is 1.08. The number of hydrogen-bond donors (Lipinski definition) is 2. The van der Waals surface area contributed by atoms with Crippen molar-refractivity contribution in [1.29, 1.82) is 0 Å². The number of ether oxygens (including phenoxy) is 1. The number of anilines is 1. The van der Waals surface area contributed by atoms with Gasteiger partial charge in [0.05, 0.1) is 13.5 Å². The molecule has 0 aliphatic heterocycles. The number of carbonyl (C=O) groups is 2. The van der Waals surface area contributed by atoms with Gasteiger partial charge in [-0.3, -0.25) is 4.79 Å². The molecule has 1 rings (SSSR count). The van der Waals surface area contributed by atoms with Crippen LogP contribution in [0.4, 0.5) is 10.5 Å². The van der Waals surface area contributed by atoms with E-state index in [4.69, 9.17) is 0 Å². The monoisotopic (exact) mass is 222 g/mol. The molecule has 2 N–H and O–H groups in total. The van der Waals surface area contributed by atoms with E-state index in [0.717, 1.165) is 0 Å². The third kappa shape index (κ3) is 4.45. The van der Waals surface area contributed by atoms with Gasteiger partial charge in [-0.2, -0.15) is 0 Å². The molecule has 0 aliphatic rings. The molecule has 0 bridgehead atoms. The number of para-hydroxylation sites is 1. The van der Waals surface area contributed by atoms with Crippen LogP contribution in [0.15, 0.2) is 30.3 Å². The normalized spacial score (nSPS) is 9.31. The van der Waals surface area contributed by atoms with Crippen molar-refractivity contribution >= 4 is 17.7 Å². The Bertz CT molecular complexity index is 352. The molecular weight excluding hydrogens is 208 g/mol. The van der Waals surface area contributed by atoms with Gasteiger partial charge in [0.15, 0.2) is 0 Å². The third-order valence-corrected chi connectivity index (χ3v) is 1.87.